The van der Waals surface area contributed by atoms with Gasteiger partial charge in [0.15, 0.2) is 0 Å². The second kappa shape index (κ2) is 6.86. The number of hydrogen-bond acceptors (Lipinski definition) is 8. The van der Waals surface area contributed by atoms with Crippen LogP contribution in [-0.2, 0) is 19.2 Å². The Morgan fingerprint density at radius 1 is 0.750 bits per heavy atom. The summed E-state index contributed by atoms with van der Waals surface area (Å²) < 4.78 is 0. The van der Waals surface area contributed by atoms with Gasteiger partial charge >= 0.3 is 12.1 Å². The van der Waals surface area contributed by atoms with Crippen LogP contribution in [0.2, 0.25) is 0 Å². The van der Waals surface area contributed by atoms with E-state index >= 15 is 0 Å². The van der Waals surface area contributed by atoms with Gasteiger partial charge in [-0.3, -0.25) is 50.6 Å². The maximum Gasteiger partial charge on any atom is 0.328 e. The van der Waals surface area contributed by atoms with Gasteiger partial charge in [0.1, 0.15) is 11.8 Å². The Kier molecular flexibility index (Phi) is 4.57. The molecule has 0 spiro atoms. The molecule has 0 aliphatic carbocycles. The molecule has 0 saturated carbocycles. The lowest BCUT2D eigenvalue weighted by atomic mass is 9.73. The summed E-state index contributed by atoms with van der Waals surface area (Å²) in [5.41, 5.74) is -0.815. The Morgan fingerprint density at radius 3 is 1.54 bits per heavy atom. The highest BCUT2D eigenvalue weighted by molar-refractivity contribution is 6.20. The van der Waals surface area contributed by atoms with Crippen molar-refractivity contribution >= 4 is 41.4 Å². The maximum absolute atomic E-state index is 12.3. The number of urea groups is 2. The summed E-state index contributed by atoms with van der Waals surface area (Å²) in [6, 6.07) is 2.68. The van der Waals surface area contributed by atoms with Gasteiger partial charge in [-0.1, -0.05) is 18.2 Å². The van der Waals surface area contributed by atoms with Crippen LogP contribution in [0.5, 0.6) is 0 Å². The summed E-state index contributed by atoms with van der Waals surface area (Å²) in [7, 11) is 0. The number of nitro benzene ring substituents is 1. The number of amides is 8. The predicted octanol–water partition coefficient (Wildman–Crippen LogP) is -1.36. The first-order valence-corrected chi connectivity index (χ1v) is 7.75. The predicted molar refractivity (Wildman–Crippen MR) is 86.2 cm³/mol. The quantitative estimate of drug-likeness (QED) is 0.275. The molecule has 2 heterocycles. The van der Waals surface area contributed by atoms with Crippen LogP contribution in [-0.4, -0.2) is 40.6 Å². The number of imide groups is 4. The van der Waals surface area contributed by atoms with Gasteiger partial charge in [-0.25, -0.2) is 9.59 Å². The van der Waals surface area contributed by atoms with Crippen LogP contribution in [0.15, 0.2) is 24.3 Å². The molecule has 0 atom stereocenters. The van der Waals surface area contributed by atoms with E-state index in [1.165, 1.54) is 18.2 Å². The number of carbonyl (C=O) groups excluding carboxylic acids is 6. The Balaban J connectivity index is 2.19. The minimum absolute atomic E-state index is 0.262. The van der Waals surface area contributed by atoms with Crippen LogP contribution in [0.3, 0.4) is 0 Å². The Hall–Kier alpha value is -4.16. The Morgan fingerprint density at radius 2 is 1.14 bits per heavy atom. The lowest BCUT2D eigenvalue weighted by Gasteiger charge is -2.33. The topological polar surface area (TPSA) is 194 Å². The fourth-order valence-corrected chi connectivity index (χ4v) is 3.20. The van der Waals surface area contributed by atoms with E-state index in [1.807, 2.05) is 21.3 Å². The van der Waals surface area contributed by atoms with Gasteiger partial charge in [0.25, 0.3) is 5.69 Å². The third kappa shape index (κ3) is 3.15. The molecule has 2 aliphatic heterocycles. The van der Waals surface area contributed by atoms with Crippen molar-refractivity contribution in [3.8, 4) is 0 Å². The minimum atomic E-state index is -1.83. The van der Waals surface area contributed by atoms with Crippen LogP contribution in [0, 0.1) is 22.0 Å². The lowest BCUT2D eigenvalue weighted by Crippen LogP contribution is -2.62. The number of nitrogens with zero attached hydrogens (tertiary/aromatic N) is 1. The molecular formula is C15H11N5O8. The van der Waals surface area contributed by atoms with Crippen LogP contribution in [0.1, 0.15) is 11.5 Å². The first-order valence-electron chi connectivity index (χ1n) is 7.75. The SMILES string of the molecule is O=C1NC(=O)C(C(c2ccccc2[N+](=O)[O-])C2C(=O)NC(=O)NC2=O)C(=O)N1. The second-order valence-corrected chi connectivity index (χ2v) is 5.91. The summed E-state index contributed by atoms with van der Waals surface area (Å²) >= 11 is 0. The minimum Gasteiger partial charge on any atom is -0.277 e. The van der Waals surface area contributed by atoms with Crippen molar-refractivity contribution < 1.29 is 33.7 Å². The number of hydrogen-bond donors (Lipinski definition) is 4. The molecule has 0 bridgehead atoms. The van der Waals surface area contributed by atoms with Crippen molar-refractivity contribution in [2.24, 2.45) is 11.8 Å². The lowest BCUT2D eigenvalue weighted by molar-refractivity contribution is -0.385. The smallest absolute Gasteiger partial charge is 0.277 e. The van der Waals surface area contributed by atoms with Crippen molar-refractivity contribution in [1.29, 1.82) is 0 Å². The van der Waals surface area contributed by atoms with Crippen molar-refractivity contribution in [2.45, 2.75) is 5.92 Å². The standard InChI is InChI=1S/C15H11N5O8/c21-10-8(11(22)17-14(25)16-10)7(5-3-1-2-4-6(5)20(27)28)9-12(23)18-15(26)19-13(9)24/h1-4,7-9H,(H2,16,17,21,22,25)(H2,18,19,23,24,26). The molecule has 144 valence electrons. The molecule has 1 aromatic carbocycles. The summed E-state index contributed by atoms with van der Waals surface area (Å²) in [6.07, 6.45) is 0. The average molecular weight is 389 g/mol. The highest BCUT2D eigenvalue weighted by Crippen LogP contribution is 2.39. The molecule has 0 radical (unpaired) electrons. The first kappa shape index (κ1) is 18.6. The number of para-hydroxylation sites is 1. The van der Waals surface area contributed by atoms with Crippen LogP contribution < -0.4 is 21.3 Å². The van der Waals surface area contributed by atoms with E-state index in [4.69, 9.17) is 0 Å². The molecule has 2 saturated heterocycles. The molecule has 28 heavy (non-hydrogen) atoms. The molecule has 2 aliphatic rings. The molecule has 2 fully saturated rings. The van der Waals surface area contributed by atoms with E-state index in [0.29, 0.717) is 0 Å². The van der Waals surface area contributed by atoms with Gasteiger partial charge in [0, 0.05) is 17.5 Å². The van der Waals surface area contributed by atoms with E-state index in [1.54, 1.807) is 0 Å². The molecule has 13 heteroatoms. The van der Waals surface area contributed by atoms with E-state index in [0.717, 1.165) is 6.07 Å². The van der Waals surface area contributed by atoms with Crippen LogP contribution >= 0.6 is 0 Å². The summed E-state index contributed by atoms with van der Waals surface area (Å²) in [6.45, 7) is 0. The zero-order chi connectivity index (χ0) is 20.6. The molecule has 4 N–H and O–H groups in total. The zero-order valence-electron chi connectivity index (χ0n) is 13.8. The van der Waals surface area contributed by atoms with E-state index < -0.39 is 64.1 Å². The van der Waals surface area contributed by atoms with Crippen molar-refractivity contribution in [3.63, 3.8) is 0 Å². The number of benzene rings is 1. The number of nitrogens with one attached hydrogen (secondary N) is 4. The van der Waals surface area contributed by atoms with Gasteiger partial charge in [0.2, 0.25) is 23.6 Å². The van der Waals surface area contributed by atoms with Gasteiger partial charge < -0.3 is 0 Å². The zero-order valence-corrected chi connectivity index (χ0v) is 13.8. The second-order valence-electron chi connectivity index (χ2n) is 5.91. The fourth-order valence-electron chi connectivity index (χ4n) is 3.20. The molecule has 0 unspecified atom stereocenters. The molecule has 0 aromatic heterocycles. The largest absolute Gasteiger partial charge is 0.328 e. The summed E-state index contributed by atoms with van der Waals surface area (Å²) in [5.74, 6) is -9.89. The van der Waals surface area contributed by atoms with Crippen molar-refractivity contribution in [2.75, 3.05) is 0 Å². The summed E-state index contributed by atoms with van der Waals surface area (Å²) in [5, 5.41) is 18.7. The first-order chi connectivity index (χ1) is 13.2. The van der Waals surface area contributed by atoms with Crippen LogP contribution in [0.25, 0.3) is 0 Å². The molecule has 13 nitrogen and oxygen atoms in total. The fraction of sp³-hybridized carbons (Fsp3) is 0.200. The number of rotatable bonds is 4. The normalized spacial score (nSPS) is 18.5. The molecule has 3 rings (SSSR count). The van der Waals surface area contributed by atoms with E-state index in [9.17, 15) is 38.9 Å². The van der Waals surface area contributed by atoms with E-state index in [-0.39, 0.29) is 5.56 Å². The van der Waals surface area contributed by atoms with Gasteiger partial charge in [-0.15, -0.1) is 0 Å². The monoisotopic (exact) mass is 389 g/mol. The van der Waals surface area contributed by atoms with E-state index in [2.05, 4.69) is 0 Å². The van der Waals surface area contributed by atoms with Crippen LogP contribution in [0.4, 0.5) is 15.3 Å². The van der Waals surface area contributed by atoms with Gasteiger partial charge in [-0.05, 0) is 0 Å². The highest BCUT2D eigenvalue weighted by Gasteiger charge is 2.52. The third-order valence-electron chi connectivity index (χ3n) is 4.29. The molecule has 8 amide bonds. The molecular weight excluding hydrogens is 378 g/mol. The van der Waals surface area contributed by atoms with Gasteiger partial charge in [-0.2, -0.15) is 0 Å². The van der Waals surface area contributed by atoms with Crippen molar-refractivity contribution in [1.82, 2.24) is 21.3 Å². The third-order valence-corrected chi connectivity index (χ3v) is 4.29. The Labute approximate surface area is 155 Å². The average Bonchev–Trinajstić information content (AvgIpc) is 2.58. The molecule has 1 aromatic rings. The van der Waals surface area contributed by atoms with Crippen molar-refractivity contribution in [3.05, 3.63) is 39.9 Å². The highest BCUT2D eigenvalue weighted by atomic mass is 16.6. The summed E-state index contributed by atoms with van der Waals surface area (Å²) in [4.78, 5) is 82.6. The number of nitro groups is 1. The van der Waals surface area contributed by atoms with Gasteiger partial charge in [0.05, 0.1) is 4.92 Å². The number of barbiturate groups is 2. The Bertz CT molecular complexity index is 870. The number of carbonyl (C=O) groups is 6. The maximum atomic E-state index is 12.3.